The molecule has 0 bridgehead atoms. The van der Waals surface area contributed by atoms with Crippen molar-refractivity contribution in [2.45, 2.75) is 51.1 Å². The monoisotopic (exact) mass is 259 g/mol. The first-order valence-electron chi connectivity index (χ1n) is 7.10. The summed E-state index contributed by atoms with van der Waals surface area (Å²) in [6, 6.07) is 2.33. The molecule has 1 aliphatic heterocycles. The maximum atomic E-state index is 12.4. The number of aryl methyl sites for hydroxylation is 2. The smallest absolute Gasteiger partial charge is 0.270 e. The summed E-state index contributed by atoms with van der Waals surface area (Å²) >= 11 is 0. The van der Waals surface area contributed by atoms with Gasteiger partial charge in [-0.1, -0.05) is 0 Å². The van der Waals surface area contributed by atoms with E-state index in [-0.39, 0.29) is 11.4 Å². The third-order valence-electron chi connectivity index (χ3n) is 4.71. The van der Waals surface area contributed by atoms with Gasteiger partial charge in [-0.3, -0.25) is 9.78 Å². The number of amides is 1. The normalized spacial score (nSPS) is 29.3. The van der Waals surface area contributed by atoms with E-state index in [1.807, 2.05) is 19.9 Å². The minimum Gasteiger partial charge on any atom is -0.344 e. The molecular formula is C15H21N3O. The van der Waals surface area contributed by atoms with Gasteiger partial charge in [0, 0.05) is 12.2 Å². The molecule has 102 valence electrons. The number of nitrogens with zero attached hydrogens (tertiary/aromatic N) is 1. The third kappa shape index (κ3) is 2.14. The van der Waals surface area contributed by atoms with Crippen molar-refractivity contribution in [3.05, 3.63) is 29.1 Å². The fraction of sp³-hybridized carbons (Fsp3) is 0.600. The Balaban J connectivity index is 1.79. The third-order valence-corrected chi connectivity index (χ3v) is 4.71. The lowest BCUT2D eigenvalue weighted by atomic mass is 9.93. The van der Waals surface area contributed by atoms with Crippen LogP contribution in [0.1, 0.15) is 47.3 Å². The number of rotatable bonds is 2. The molecule has 2 aliphatic rings. The van der Waals surface area contributed by atoms with Crippen LogP contribution in [0, 0.1) is 13.8 Å². The van der Waals surface area contributed by atoms with Gasteiger partial charge >= 0.3 is 0 Å². The van der Waals surface area contributed by atoms with Crippen molar-refractivity contribution in [2.24, 2.45) is 0 Å². The molecule has 1 saturated heterocycles. The summed E-state index contributed by atoms with van der Waals surface area (Å²) in [6.07, 6.45) is 6.26. The van der Waals surface area contributed by atoms with E-state index in [0.29, 0.717) is 11.7 Å². The average Bonchev–Trinajstić information content (AvgIpc) is 2.91. The minimum absolute atomic E-state index is 0.0290. The average molecular weight is 259 g/mol. The molecule has 2 unspecified atom stereocenters. The summed E-state index contributed by atoms with van der Waals surface area (Å²) in [5.41, 5.74) is 2.74. The van der Waals surface area contributed by atoms with Crippen LogP contribution in [0.3, 0.4) is 0 Å². The molecule has 0 radical (unpaired) electrons. The molecule has 1 saturated carbocycles. The second kappa shape index (κ2) is 4.60. The van der Waals surface area contributed by atoms with Crippen LogP contribution in [-0.2, 0) is 0 Å². The van der Waals surface area contributed by atoms with Crippen molar-refractivity contribution in [1.29, 1.82) is 0 Å². The Labute approximate surface area is 114 Å². The van der Waals surface area contributed by atoms with Crippen molar-refractivity contribution < 1.29 is 4.79 Å². The molecule has 19 heavy (non-hydrogen) atoms. The van der Waals surface area contributed by atoms with Crippen molar-refractivity contribution in [2.75, 3.05) is 6.54 Å². The van der Waals surface area contributed by atoms with E-state index in [4.69, 9.17) is 0 Å². The van der Waals surface area contributed by atoms with Crippen molar-refractivity contribution in [3.63, 3.8) is 0 Å². The Hall–Kier alpha value is -1.42. The maximum Gasteiger partial charge on any atom is 0.270 e. The molecule has 4 heteroatoms. The largest absolute Gasteiger partial charge is 0.344 e. The minimum atomic E-state index is -0.0302. The van der Waals surface area contributed by atoms with Crippen LogP contribution in [0.2, 0.25) is 0 Å². The first-order chi connectivity index (χ1) is 9.11. The molecule has 3 rings (SSSR count). The lowest BCUT2D eigenvalue weighted by Gasteiger charge is -2.30. The summed E-state index contributed by atoms with van der Waals surface area (Å²) in [5, 5.41) is 6.75. The number of nitrogens with one attached hydrogen (secondary N) is 2. The molecule has 0 aromatic carbocycles. The van der Waals surface area contributed by atoms with Crippen molar-refractivity contribution >= 4 is 5.91 Å². The van der Waals surface area contributed by atoms with Gasteiger partial charge in [0.05, 0.1) is 5.54 Å². The number of pyridine rings is 1. The highest BCUT2D eigenvalue weighted by Crippen LogP contribution is 2.36. The van der Waals surface area contributed by atoms with Gasteiger partial charge in [0.25, 0.3) is 5.91 Å². The van der Waals surface area contributed by atoms with Gasteiger partial charge in [-0.2, -0.15) is 0 Å². The number of hydrogen-bond donors (Lipinski definition) is 2. The Bertz CT molecular complexity index is 502. The number of carbonyl (C=O) groups is 1. The fourth-order valence-electron chi connectivity index (χ4n) is 3.39. The van der Waals surface area contributed by atoms with Crippen LogP contribution in [0.15, 0.2) is 12.3 Å². The summed E-state index contributed by atoms with van der Waals surface area (Å²) in [6.45, 7) is 5.03. The van der Waals surface area contributed by atoms with Crippen molar-refractivity contribution in [1.82, 2.24) is 15.6 Å². The molecular weight excluding hydrogens is 238 g/mol. The van der Waals surface area contributed by atoms with E-state index in [1.54, 1.807) is 6.20 Å². The summed E-state index contributed by atoms with van der Waals surface area (Å²) < 4.78 is 0. The predicted octanol–water partition coefficient (Wildman–Crippen LogP) is 1.71. The highest BCUT2D eigenvalue weighted by Gasteiger charge is 2.47. The molecule has 2 atom stereocenters. The summed E-state index contributed by atoms with van der Waals surface area (Å²) in [5.74, 6) is -0.0290. The Kier molecular flexibility index (Phi) is 3.05. The number of hydrogen-bond acceptors (Lipinski definition) is 3. The fourth-order valence-corrected chi connectivity index (χ4v) is 3.39. The van der Waals surface area contributed by atoms with Crippen LogP contribution in [0.25, 0.3) is 0 Å². The second-order valence-corrected chi connectivity index (χ2v) is 5.91. The highest BCUT2D eigenvalue weighted by atomic mass is 16.2. The molecule has 1 aliphatic carbocycles. The molecule has 0 spiro atoms. The molecule has 2 fully saturated rings. The molecule has 1 amide bonds. The number of fused-ring (bicyclic) bond motifs is 1. The van der Waals surface area contributed by atoms with Gasteiger partial charge in [-0.15, -0.1) is 0 Å². The zero-order valence-corrected chi connectivity index (χ0v) is 11.6. The van der Waals surface area contributed by atoms with Crippen LogP contribution in [0.5, 0.6) is 0 Å². The van der Waals surface area contributed by atoms with Crippen LogP contribution >= 0.6 is 0 Å². The van der Waals surface area contributed by atoms with E-state index in [9.17, 15) is 4.79 Å². The van der Waals surface area contributed by atoms with Gasteiger partial charge in [0.15, 0.2) is 0 Å². The summed E-state index contributed by atoms with van der Waals surface area (Å²) in [4.78, 5) is 16.7. The van der Waals surface area contributed by atoms with Crippen LogP contribution in [0.4, 0.5) is 0 Å². The van der Waals surface area contributed by atoms with E-state index < -0.39 is 0 Å². The van der Waals surface area contributed by atoms with E-state index in [1.165, 1.54) is 12.8 Å². The lowest BCUT2D eigenvalue weighted by Crippen LogP contribution is -2.53. The molecule has 1 aromatic heterocycles. The lowest BCUT2D eigenvalue weighted by molar-refractivity contribution is 0.0892. The standard InChI is InChI=1S/C15H21N3O/c1-10-8-12(17-9-11(10)2)14(19)18-15-5-3-4-13(15)16-7-6-15/h8-9,13,16H,3-7H2,1-2H3,(H,18,19). The first kappa shape index (κ1) is 12.6. The van der Waals surface area contributed by atoms with Crippen LogP contribution < -0.4 is 10.6 Å². The van der Waals surface area contributed by atoms with Gasteiger partial charge in [0.1, 0.15) is 5.69 Å². The van der Waals surface area contributed by atoms with Gasteiger partial charge in [0.2, 0.25) is 0 Å². The van der Waals surface area contributed by atoms with Gasteiger partial charge in [-0.25, -0.2) is 0 Å². The predicted molar refractivity (Wildman–Crippen MR) is 74.2 cm³/mol. The zero-order chi connectivity index (χ0) is 13.5. The second-order valence-electron chi connectivity index (χ2n) is 5.91. The first-order valence-corrected chi connectivity index (χ1v) is 7.10. The van der Waals surface area contributed by atoms with Gasteiger partial charge < -0.3 is 10.6 Å². The Morgan fingerprint density at radius 3 is 3.05 bits per heavy atom. The topological polar surface area (TPSA) is 54.0 Å². The maximum absolute atomic E-state index is 12.4. The summed E-state index contributed by atoms with van der Waals surface area (Å²) in [7, 11) is 0. The van der Waals surface area contributed by atoms with Crippen LogP contribution in [-0.4, -0.2) is 29.0 Å². The highest BCUT2D eigenvalue weighted by molar-refractivity contribution is 5.93. The van der Waals surface area contributed by atoms with Crippen molar-refractivity contribution in [3.8, 4) is 0 Å². The Morgan fingerprint density at radius 1 is 1.42 bits per heavy atom. The van der Waals surface area contributed by atoms with Gasteiger partial charge in [-0.05, 0) is 63.3 Å². The van der Waals surface area contributed by atoms with E-state index in [2.05, 4.69) is 15.6 Å². The quantitative estimate of drug-likeness (QED) is 0.850. The molecule has 2 heterocycles. The van der Waals surface area contributed by atoms with E-state index in [0.717, 1.165) is 30.5 Å². The van der Waals surface area contributed by atoms with E-state index >= 15 is 0 Å². The number of aromatic nitrogens is 1. The molecule has 2 N–H and O–H groups in total. The zero-order valence-electron chi connectivity index (χ0n) is 11.6. The molecule has 1 aromatic rings. The number of carbonyl (C=O) groups excluding carboxylic acids is 1. The SMILES string of the molecule is Cc1cnc(C(=O)NC23CCCC2NCC3)cc1C. The molecule has 4 nitrogen and oxygen atoms in total. The Morgan fingerprint density at radius 2 is 2.26 bits per heavy atom.